The van der Waals surface area contributed by atoms with E-state index in [4.69, 9.17) is 0 Å². The van der Waals surface area contributed by atoms with Crippen molar-refractivity contribution in [2.24, 2.45) is 5.92 Å². The molecule has 1 heterocycles. The Kier molecular flexibility index (Phi) is 4.58. The Labute approximate surface area is 116 Å². The number of hydrogen-bond donors (Lipinski definition) is 1. The Hall–Kier alpha value is -0.930. The molecule has 1 aromatic rings. The molecule has 4 unspecified atom stereocenters. The molecule has 1 fully saturated rings. The number of halogens is 1. The van der Waals surface area contributed by atoms with E-state index in [1.54, 1.807) is 0 Å². The van der Waals surface area contributed by atoms with Gasteiger partial charge >= 0.3 is 0 Å². The minimum absolute atomic E-state index is 0.169. The molecule has 0 aromatic heterocycles. The summed E-state index contributed by atoms with van der Waals surface area (Å²) in [5.74, 6) is 0.473. The predicted molar refractivity (Wildman–Crippen MR) is 77.6 cm³/mol. The normalized spacial score (nSPS) is 30.3. The Balaban J connectivity index is 1.98. The van der Waals surface area contributed by atoms with Crippen molar-refractivity contribution in [3.63, 3.8) is 0 Å². The Morgan fingerprint density at radius 1 is 1.26 bits per heavy atom. The molecule has 1 N–H and O–H groups in total. The van der Waals surface area contributed by atoms with Crippen LogP contribution in [0.5, 0.6) is 0 Å². The number of rotatable bonds is 3. The molecule has 1 aliphatic rings. The molecule has 0 spiro atoms. The third kappa shape index (κ3) is 3.54. The monoisotopic (exact) mass is 264 g/mol. The van der Waals surface area contributed by atoms with Crippen LogP contribution in [0.1, 0.15) is 38.8 Å². The van der Waals surface area contributed by atoms with Gasteiger partial charge in [0.15, 0.2) is 0 Å². The lowest BCUT2D eigenvalue weighted by Crippen LogP contribution is -2.51. The quantitative estimate of drug-likeness (QED) is 0.902. The summed E-state index contributed by atoms with van der Waals surface area (Å²) in [6, 6.07) is 8.23. The van der Waals surface area contributed by atoms with Crippen molar-refractivity contribution in [3.8, 4) is 0 Å². The highest BCUT2D eigenvalue weighted by atomic mass is 19.1. The van der Waals surface area contributed by atoms with Gasteiger partial charge in [-0.25, -0.2) is 4.39 Å². The van der Waals surface area contributed by atoms with Gasteiger partial charge in [0.2, 0.25) is 0 Å². The third-order valence-electron chi connectivity index (χ3n) is 4.44. The zero-order valence-corrected chi connectivity index (χ0v) is 12.4. The predicted octanol–water partition coefficient (Wildman–Crippen LogP) is 3.21. The largest absolute Gasteiger partial charge is 0.307 e. The van der Waals surface area contributed by atoms with Crippen molar-refractivity contribution >= 4 is 0 Å². The van der Waals surface area contributed by atoms with Crippen LogP contribution in [0.4, 0.5) is 4.39 Å². The lowest BCUT2D eigenvalue weighted by Gasteiger charge is -2.41. The van der Waals surface area contributed by atoms with Crippen LogP contribution in [0.3, 0.4) is 0 Å². The summed E-state index contributed by atoms with van der Waals surface area (Å²) in [5, 5.41) is 3.71. The number of likely N-dealkylation sites (tertiary alicyclic amines) is 1. The highest BCUT2D eigenvalue weighted by molar-refractivity contribution is 5.19. The molecule has 4 atom stereocenters. The fraction of sp³-hybridized carbons (Fsp3) is 0.625. The number of benzene rings is 1. The average Bonchev–Trinajstić information content (AvgIpc) is 2.36. The number of hydrogen-bond acceptors (Lipinski definition) is 2. The fourth-order valence-electron chi connectivity index (χ4n) is 2.94. The van der Waals surface area contributed by atoms with E-state index < -0.39 is 0 Å². The summed E-state index contributed by atoms with van der Waals surface area (Å²) >= 11 is 0. The van der Waals surface area contributed by atoms with Crippen molar-refractivity contribution in [3.05, 3.63) is 35.6 Å². The lowest BCUT2D eigenvalue weighted by molar-refractivity contribution is 0.116. The van der Waals surface area contributed by atoms with Gasteiger partial charge in [-0.1, -0.05) is 19.1 Å². The van der Waals surface area contributed by atoms with E-state index in [1.165, 1.54) is 18.6 Å². The van der Waals surface area contributed by atoms with Crippen molar-refractivity contribution in [1.82, 2.24) is 10.2 Å². The molecule has 0 amide bonds. The lowest BCUT2D eigenvalue weighted by atomic mass is 9.89. The number of nitrogens with one attached hydrogen (secondary N) is 1. The van der Waals surface area contributed by atoms with Gasteiger partial charge in [-0.3, -0.25) is 0 Å². The van der Waals surface area contributed by atoms with Gasteiger partial charge in [0, 0.05) is 24.7 Å². The molecule has 0 bridgehead atoms. The summed E-state index contributed by atoms with van der Waals surface area (Å²) in [7, 11) is 2.20. The van der Waals surface area contributed by atoms with Gasteiger partial charge in [-0.05, 0) is 50.9 Å². The Morgan fingerprint density at radius 3 is 2.53 bits per heavy atom. The summed E-state index contributed by atoms with van der Waals surface area (Å²) in [5.41, 5.74) is 1.15. The number of piperidine rings is 1. The molecule has 19 heavy (non-hydrogen) atoms. The zero-order chi connectivity index (χ0) is 14.0. The molecule has 2 nitrogen and oxygen atoms in total. The highest BCUT2D eigenvalue weighted by Crippen LogP contribution is 2.24. The van der Waals surface area contributed by atoms with Gasteiger partial charge in [0.25, 0.3) is 0 Å². The molecule has 3 heteroatoms. The summed E-state index contributed by atoms with van der Waals surface area (Å²) in [6.07, 6.45) is 1.17. The third-order valence-corrected chi connectivity index (χ3v) is 4.44. The first kappa shape index (κ1) is 14.5. The van der Waals surface area contributed by atoms with Crippen molar-refractivity contribution in [2.45, 2.75) is 45.3 Å². The topological polar surface area (TPSA) is 15.3 Å². The van der Waals surface area contributed by atoms with Crippen LogP contribution < -0.4 is 5.32 Å². The van der Waals surface area contributed by atoms with Gasteiger partial charge in [-0.15, -0.1) is 0 Å². The first-order chi connectivity index (χ1) is 8.97. The van der Waals surface area contributed by atoms with E-state index in [-0.39, 0.29) is 11.9 Å². The molecule has 1 aromatic carbocycles. The summed E-state index contributed by atoms with van der Waals surface area (Å²) < 4.78 is 12.9. The Morgan fingerprint density at radius 2 is 1.89 bits per heavy atom. The molecule has 106 valence electrons. The van der Waals surface area contributed by atoms with Crippen molar-refractivity contribution in [1.29, 1.82) is 0 Å². The second-order valence-corrected chi connectivity index (χ2v) is 6.05. The molecule has 1 aliphatic heterocycles. The van der Waals surface area contributed by atoms with Crippen LogP contribution in [0.25, 0.3) is 0 Å². The van der Waals surface area contributed by atoms with Gasteiger partial charge in [0.1, 0.15) is 5.82 Å². The minimum Gasteiger partial charge on any atom is -0.307 e. The van der Waals surface area contributed by atoms with Gasteiger partial charge in [-0.2, -0.15) is 0 Å². The molecule has 0 saturated carbocycles. The van der Waals surface area contributed by atoms with Crippen LogP contribution in [0.2, 0.25) is 0 Å². The smallest absolute Gasteiger partial charge is 0.123 e. The molecule has 1 saturated heterocycles. The maximum absolute atomic E-state index is 12.9. The maximum Gasteiger partial charge on any atom is 0.123 e. The van der Waals surface area contributed by atoms with Crippen molar-refractivity contribution < 1.29 is 4.39 Å². The average molecular weight is 264 g/mol. The standard InChI is InChI=1S/C16H25FN2/c1-11-10-19(4)12(2)9-16(11)18-13(3)14-5-7-15(17)8-6-14/h5-8,11-13,16,18H,9-10H2,1-4H3. The van der Waals surface area contributed by atoms with E-state index in [0.29, 0.717) is 18.0 Å². The van der Waals surface area contributed by atoms with Crippen molar-refractivity contribution in [2.75, 3.05) is 13.6 Å². The van der Waals surface area contributed by atoms with Crippen LogP contribution in [0, 0.1) is 11.7 Å². The van der Waals surface area contributed by atoms with E-state index in [2.05, 4.69) is 38.0 Å². The minimum atomic E-state index is -0.169. The van der Waals surface area contributed by atoms with E-state index in [9.17, 15) is 4.39 Å². The van der Waals surface area contributed by atoms with Crippen LogP contribution >= 0.6 is 0 Å². The Bertz CT molecular complexity index is 404. The molecule has 0 radical (unpaired) electrons. The van der Waals surface area contributed by atoms with Gasteiger partial charge in [0.05, 0.1) is 0 Å². The van der Waals surface area contributed by atoms with E-state index in [1.807, 2.05) is 12.1 Å². The van der Waals surface area contributed by atoms with Gasteiger partial charge < -0.3 is 10.2 Å². The fourth-order valence-corrected chi connectivity index (χ4v) is 2.94. The van der Waals surface area contributed by atoms with E-state index in [0.717, 1.165) is 12.1 Å². The molecular weight excluding hydrogens is 239 g/mol. The van der Waals surface area contributed by atoms with Crippen LogP contribution in [-0.2, 0) is 0 Å². The molecule has 2 rings (SSSR count). The molecule has 0 aliphatic carbocycles. The summed E-state index contributed by atoms with van der Waals surface area (Å²) in [6.45, 7) is 7.87. The second kappa shape index (κ2) is 6.02. The first-order valence-electron chi connectivity index (χ1n) is 7.19. The van der Waals surface area contributed by atoms with E-state index >= 15 is 0 Å². The first-order valence-corrected chi connectivity index (χ1v) is 7.19. The maximum atomic E-state index is 12.9. The molecular formula is C16H25FN2. The van der Waals surface area contributed by atoms with Crippen LogP contribution in [0.15, 0.2) is 24.3 Å². The second-order valence-electron chi connectivity index (χ2n) is 6.05. The zero-order valence-electron chi connectivity index (χ0n) is 12.4. The number of nitrogens with zero attached hydrogens (tertiary/aromatic N) is 1. The summed E-state index contributed by atoms with van der Waals surface area (Å²) in [4.78, 5) is 2.42. The SMILES string of the molecule is CC(NC1CC(C)N(C)CC1C)c1ccc(F)cc1. The highest BCUT2D eigenvalue weighted by Gasteiger charge is 2.29. The van der Waals surface area contributed by atoms with Crippen LogP contribution in [-0.4, -0.2) is 30.6 Å².